The van der Waals surface area contributed by atoms with Crippen LogP contribution in [0.2, 0.25) is 0 Å². The van der Waals surface area contributed by atoms with Gasteiger partial charge in [0, 0.05) is 24.4 Å². The lowest BCUT2D eigenvalue weighted by atomic mass is 9.66. The van der Waals surface area contributed by atoms with E-state index in [0.29, 0.717) is 12.8 Å². The van der Waals surface area contributed by atoms with Crippen LogP contribution < -0.4 is 5.73 Å². The topological polar surface area (TPSA) is 78.9 Å². The number of thiophene rings is 1. The Kier molecular flexibility index (Phi) is 4.32. The number of rotatable bonds is 5. The molecule has 1 amide bonds. The number of hydrogen-bond donors (Lipinski definition) is 2. The lowest BCUT2D eigenvalue weighted by Gasteiger charge is -2.42. The molecule has 1 fully saturated rings. The molecule has 1 heterocycles. The van der Waals surface area contributed by atoms with Crippen LogP contribution in [0.25, 0.3) is 0 Å². The Balaban J connectivity index is 2.07. The molecule has 1 aliphatic carbocycles. The van der Waals surface area contributed by atoms with Crippen molar-refractivity contribution in [3.05, 3.63) is 22.4 Å². The van der Waals surface area contributed by atoms with Crippen LogP contribution in [0.15, 0.2) is 22.7 Å². The van der Waals surface area contributed by atoms with Crippen LogP contribution in [0.5, 0.6) is 0 Å². The van der Waals surface area contributed by atoms with E-state index >= 15 is 0 Å². The second-order valence-electron chi connectivity index (χ2n) is 5.47. The van der Waals surface area contributed by atoms with Gasteiger partial charge in [-0.3, -0.25) is 4.79 Å². The van der Waals surface area contributed by atoms with Gasteiger partial charge in [0.25, 0.3) is 0 Å². The van der Waals surface area contributed by atoms with Crippen LogP contribution in [0.3, 0.4) is 0 Å². The summed E-state index contributed by atoms with van der Waals surface area (Å²) in [6, 6.07) is 4.17. The molecular weight excluding hydrogens is 274 g/mol. The molecule has 0 radical (unpaired) electrons. The average Bonchev–Trinajstić information content (AvgIpc) is 2.88. The van der Waals surface area contributed by atoms with Crippen LogP contribution >= 0.6 is 11.3 Å². The smallest absolute Gasteiger partial charge is 0.236 e. The summed E-state index contributed by atoms with van der Waals surface area (Å²) in [6.45, 7) is 2.02. The fourth-order valence-corrected chi connectivity index (χ4v) is 3.43. The largest absolute Gasteiger partial charge is 0.409 e. The van der Waals surface area contributed by atoms with Crippen LogP contribution in [-0.4, -0.2) is 34.9 Å². The molecule has 0 spiro atoms. The van der Waals surface area contributed by atoms with E-state index < -0.39 is 5.41 Å². The molecule has 2 rings (SSSR count). The van der Waals surface area contributed by atoms with Crippen LogP contribution in [0, 0.1) is 5.41 Å². The molecule has 0 aliphatic heterocycles. The van der Waals surface area contributed by atoms with Gasteiger partial charge < -0.3 is 15.8 Å². The zero-order valence-electron chi connectivity index (χ0n) is 11.9. The van der Waals surface area contributed by atoms with Crippen molar-refractivity contribution in [2.45, 2.75) is 38.6 Å². The highest BCUT2D eigenvalue weighted by Crippen LogP contribution is 2.43. The van der Waals surface area contributed by atoms with Gasteiger partial charge in [0.1, 0.15) is 5.41 Å². The number of carbonyl (C=O) groups excluding carboxylic acids is 1. The predicted octanol–water partition coefficient (Wildman–Crippen LogP) is 2.05. The lowest BCUT2D eigenvalue weighted by molar-refractivity contribution is -0.142. The van der Waals surface area contributed by atoms with E-state index in [-0.39, 0.29) is 17.8 Å². The third-order valence-corrected chi connectivity index (χ3v) is 5.17. The van der Waals surface area contributed by atoms with Crippen molar-refractivity contribution in [3.8, 4) is 0 Å². The minimum absolute atomic E-state index is 0.0388. The highest BCUT2D eigenvalue weighted by Gasteiger charge is 2.50. The first-order valence-corrected chi connectivity index (χ1v) is 7.67. The maximum absolute atomic E-state index is 12.7. The summed E-state index contributed by atoms with van der Waals surface area (Å²) in [5.41, 5.74) is 4.96. The number of carbonyl (C=O) groups is 1. The monoisotopic (exact) mass is 295 g/mol. The summed E-state index contributed by atoms with van der Waals surface area (Å²) in [5, 5.41) is 14.0. The van der Waals surface area contributed by atoms with Gasteiger partial charge in [-0.2, -0.15) is 0 Å². The predicted molar refractivity (Wildman–Crippen MR) is 79.9 cm³/mol. The fraction of sp³-hybridized carbons (Fsp3) is 0.571. The van der Waals surface area contributed by atoms with E-state index in [0.717, 1.165) is 12.8 Å². The molecule has 1 unspecified atom stereocenters. The zero-order chi connectivity index (χ0) is 14.8. The summed E-state index contributed by atoms with van der Waals surface area (Å²) in [7, 11) is 1.80. The third kappa shape index (κ3) is 2.52. The van der Waals surface area contributed by atoms with Crippen molar-refractivity contribution in [3.63, 3.8) is 0 Å². The van der Waals surface area contributed by atoms with Gasteiger partial charge in [0.2, 0.25) is 5.91 Å². The van der Waals surface area contributed by atoms with Crippen molar-refractivity contribution in [2.75, 3.05) is 7.05 Å². The summed E-state index contributed by atoms with van der Waals surface area (Å²) in [6.07, 6.45) is 3.09. The SMILES string of the molecule is CC(Cc1cccs1)N(C)C(=O)C1(/C(N)=N/O)CCC1. The number of amides is 1. The number of likely N-dealkylation sites (N-methyl/N-ethyl adjacent to an activating group) is 1. The number of oxime groups is 1. The van der Waals surface area contributed by atoms with Gasteiger partial charge in [-0.1, -0.05) is 17.6 Å². The van der Waals surface area contributed by atoms with Crippen molar-refractivity contribution < 1.29 is 10.0 Å². The van der Waals surface area contributed by atoms with Crippen molar-refractivity contribution in [2.24, 2.45) is 16.3 Å². The Labute approximate surface area is 123 Å². The molecule has 5 nitrogen and oxygen atoms in total. The van der Waals surface area contributed by atoms with Gasteiger partial charge in [0.15, 0.2) is 5.84 Å². The fourth-order valence-electron chi connectivity index (χ4n) is 2.60. The zero-order valence-corrected chi connectivity index (χ0v) is 12.7. The molecule has 1 saturated carbocycles. The number of nitrogens with two attached hydrogens (primary N) is 1. The van der Waals surface area contributed by atoms with E-state index in [9.17, 15) is 4.79 Å². The first-order chi connectivity index (χ1) is 9.51. The normalized spacial score (nSPS) is 19.2. The van der Waals surface area contributed by atoms with Gasteiger partial charge >= 0.3 is 0 Å². The Morgan fingerprint density at radius 2 is 2.35 bits per heavy atom. The number of hydrogen-bond acceptors (Lipinski definition) is 4. The molecule has 6 heteroatoms. The quantitative estimate of drug-likeness (QED) is 0.378. The first-order valence-electron chi connectivity index (χ1n) is 6.79. The molecule has 110 valence electrons. The minimum atomic E-state index is -0.785. The molecule has 1 aromatic heterocycles. The maximum Gasteiger partial charge on any atom is 0.236 e. The van der Waals surface area contributed by atoms with E-state index in [2.05, 4.69) is 11.2 Å². The highest BCUT2D eigenvalue weighted by atomic mass is 32.1. The average molecular weight is 295 g/mol. The van der Waals surface area contributed by atoms with Crippen molar-refractivity contribution >= 4 is 23.1 Å². The summed E-state index contributed by atoms with van der Waals surface area (Å²) < 4.78 is 0. The highest BCUT2D eigenvalue weighted by molar-refractivity contribution is 7.09. The molecule has 0 aromatic carbocycles. The summed E-state index contributed by atoms with van der Waals surface area (Å²) >= 11 is 1.69. The lowest BCUT2D eigenvalue weighted by Crippen LogP contribution is -2.56. The molecule has 3 N–H and O–H groups in total. The van der Waals surface area contributed by atoms with Crippen molar-refractivity contribution in [1.29, 1.82) is 0 Å². The molecule has 1 aromatic rings. The van der Waals surface area contributed by atoms with E-state index in [1.54, 1.807) is 23.3 Å². The molecular formula is C14H21N3O2S. The summed E-state index contributed by atoms with van der Waals surface area (Å²) in [4.78, 5) is 15.7. The van der Waals surface area contributed by atoms with Gasteiger partial charge in [-0.15, -0.1) is 11.3 Å². The molecule has 20 heavy (non-hydrogen) atoms. The Hall–Kier alpha value is -1.56. The van der Waals surface area contributed by atoms with E-state index in [1.165, 1.54) is 4.88 Å². The van der Waals surface area contributed by atoms with Crippen LogP contribution in [0.1, 0.15) is 31.1 Å². The molecule has 0 saturated heterocycles. The minimum Gasteiger partial charge on any atom is -0.409 e. The Morgan fingerprint density at radius 1 is 1.65 bits per heavy atom. The van der Waals surface area contributed by atoms with Gasteiger partial charge in [-0.05, 0) is 31.2 Å². The third-order valence-electron chi connectivity index (χ3n) is 4.27. The second-order valence-corrected chi connectivity index (χ2v) is 6.50. The molecule has 1 aliphatic rings. The van der Waals surface area contributed by atoms with E-state index in [4.69, 9.17) is 10.9 Å². The van der Waals surface area contributed by atoms with Crippen LogP contribution in [0.4, 0.5) is 0 Å². The Bertz CT molecular complexity index is 495. The molecule has 1 atom stereocenters. The van der Waals surface area contributed by atoms with Gasteiger partial charge in [0.05, 0.1) is 0 Å². The molecule has 0 bridgehead atoms. The van der Waals surface area contributed by atoms with Crippen LogP contribution in [-0.2, 0) is 11.2 Å². The second kappa shape index (κ2) is 5.83. The first kappa shape index (κ1) is 14.8. The van der Waals surface area contributed by atoms with E-state index in [1.807, 2.05) is 18.4 Å². The maximum atomic E-state index is 12.7. The Morgan fingerprint density at radius 3 is 2.80 bits per heavy atom. The number of nitrogens with zero attached hydrogens (tertiary/aromatic N) is 2. The number of amidine groups is 1. The van der Waals surface area contributed by atoms with Crippen molar-refractivity contribution in [1.82, 2.24) is 4.90 Å². The van der Waals surface area contributed by atoms with Gasteiger partial charge in [-0.25, -0.2) is 0 Å². The summed E-state index contributed by atoms with van der Waals surface area (Å²) in [5.74, 6) is 0.00651. The standard InChI is InChI=1S/C14H21N3O2S/c1-10(9-11-5-3-8-20-11)17(2)13(18)14(6-4-7-14)12(15)16-19/h3,5,8,10,19H,4,6-7,9H2,1-2H3,(H2,15,16).